The highest BCUT2D eigenvalue weighted by Crippen LogP contribution is 2.19. The maximum absolute atomic E-state index is 12.4. The summed E-state index contributed by atoms with van der Waals surface area (Å²) < 4.78 is 10.7. The second-order valence-electron chi connectivity index (χ2n) is 4.44. The Morgan fingerprint density at radius 1 is 1.37 bits per heavy atom. The summed E-state index contributed by atoms with van der Waals surface area (Å²) in [5, 5.41) is 2.92. The number of ether oxygens (including phenoxy) is 2. The van der Waals surface area contributed by atoms with Crippen molar-refractivity contribution in [3.63, 3.8) is 0 Å². The largest absolute Gasteiger partial charge is 0.377 e. The number of hydrogen-bond donors (Lipinski definition) is 1. The molecule has 6 heteroatoms. The van der Waals surface area contributed by atoms with Gasteiger partial charge in [-0.3, -0.25) is 4.79 Å². The highest BCUT2D eigenvalue weighted by Gasteiger charge is 2.35. The van der Waals surface area contributed by atoms with Crippen LogP contribution >= 0.6 is 0 Å². The Morgan fingerprint density at radius 2 is 2.00 bits per heavy atom. The van der Waals surface area contributed by atoms with Crippen molar-refractivity contribution in [2.24, 2.45) is 0 Å². The summed E-state index contributed by atoms with van der Waals surface area (Å²) in [5.74, 6) is 0.650. The number of amides is 1. The summed E-state index contributed by atoms with van der Waals surface area (Å²) in [6.45, 7) is 1.09. The third-order valence-corrected chi connectivity index (χ3v) is 3.37. The summed E-state index contributed by atoms with van der Waals surface area (Å²) in [5.41, 5.74) is 0.617. The highest BCUT2D eigenvalue weighted by molar-refractivity contribution is 5.95. The summed E-state index contributed by atoms with van der Waals surface area (Å²) in [6.07, 6.45) is 1.48. The van der Waals surface area contributed by atoms with Crippen LogP contribution in [0.5, 0.6) is 0 Å². The van der Waals surface area contributed by atoms with Crippen molar-refractivity contribution in [2.75, 3.05) is 39.7 Å². The average molecular weight is 265 g/mol. The first-order valence-corrected chi connectivity index (χ1v) is 6.18. The molecule has 2 rings (SSSR count). The maximum atomic E-state index is 12.4. The van der Waals surface area contributed by atoms with E-state index in [0.29, 0.717) is 24.5 Å². The van der Waals surface area contributed by atoms with Gasteiger partial charge in [0.15, 0.2) is 0 Å². The van der Waals surface area contributed by atoms with Crippen LogP contribution in [0.4, 0.5) is 5.82 Å². The first-order valence-electron chi connectivity index (χ1n) is 6.18. The number of nitrogens with one attached hydrogen (secondary N) is 1. The number of hydrogen-bond acceptors (Lipinski definition) is 5. The lowest BCUT2D eigenvalue weighted by Crippen LogP contribution is -2.30. The minimum Gasteiger partial charge on any atom is -0.377 e. The zero-order valence-electron chi connectivity index (χ0n) is 11.4. The van der Waals surface area contributed by atoms with E-state index in [2.05, 4.69) is 10.3 Å². The molecule has 0 saturated carbocycles. The van der Waals surface area contributed by atoms with Gasteiger partial charge in [0.05, 0.1) is 0 Å². The van der Waals surface area contributed by atoms with Crippen molar-refractivity contribution in [3.05, 3.63) is 23.9 Å². The number of aromatic nitrogens is 1. The lowest BCUT2D eigenvalue weighted by Gasteiger charge is -2.16. The lowest BCUT2D eigenvalue weighted by molar-refractivity contribution is -0.00461. The molecule has 19 heavy (non-hydrogen) atoms. The van der Waals surface area contributed by atoms with Gasteiger partial charge in [0.2, 0.25) is 0 Å². The second kappa shape index (κ2) is 5.99. The van der Waals surface area contributed by atoms with E-state index in [0.717, 1.165) is 0 Å². The van der Waals surface area contributed by atoms with Crippen molar-refractivity contribution >= 4 is 11.7 Å². The van der Waals surface area contributed by atoms with Crippen molar-refractivity contribution < 1.29 is 14.3 Å². The molecule has 0 radical (unpaired) electrons. The molecule has 1 aliphatic heterocycles. The van der Waals surface area contributed by atoms with E-state index < -0.39 is 0 Å². The Kier molecular flexibility index (Phi) is 4.34. The monoisotopic (exact) mass is 265 g/mol. The molecule has 2 unspecified atom stereocenters. The molecule has 0 aromatic carbocycles. The molecule has 1 aliphatic rings. The highest BCUT2D eigenvalue weighted by atomic mass is 16.5. The van der Waals surface area contributed by atoms with Crippen molar-refractivity contribution in [3.8, 4) is 0 Å². The van der Waals surface area contributed by atoms with Crippen LogP contribution in [-0.4, -0.2) is 62.4 Å². The number of likely N-dealkylation sites (tertiary alicyclic amines) is 1. The van der Waals surface area contributed by atoms with Gasteiger partial charge in [0, 0.05) is 46.1 Å². The number of carbonyl (C=O) groups is 1. The molecule has 0 spiro atoms. The van der Waals surface area contributed by atoms with Gasteiger partial charge in [-0.15, -0.1) is 0 Å². The molecule has 1 N–H and O–H groups in total. The Morgan fingerprint density at radius 3 is 2.53 bits per heavy atom. The van der Waals surface area contributed by atoms with E-state index in [1.165, 1.54) is 0 Å². The Labute approximate surface area is 112 Å². The molecule has 1 saturated heterocycles. The van der Waals surface area contributed by atoms with Crippen LogP contribution < -0.4 is 5.32 Å². The predicted octanol–water partition coefficient (Wildman–Crippen LogP) is 0.609. The van der Waals surface area contributed by atoms with Crippen LogP contribution in [0.1, 0.15) is 10.4 Å². The molecule has 1 aromatic heterocycles. The van der Waals surface area contributed by atoms with E-state index in [9.17, 15) is 4.79 Å². The first kappa shape index (κ1) is 13.8. The fourth-order valence-electron chi connectivity index (χ4n) is 2.25. The minimum absolute atomic E-state index is 0.0273. The van der Waals surface area contributed by atoms with Gasteiger partial charge >= 0.3 is 0 Å². The van der Waals surface area contributed by atoms with Gasteiger partial charge in [0.25, 0.3) is 5.91 Å². The van der Waals surface area contributed by atoms with Gasteiger partial charge < -0.3 is 19.7 Å². The number of pyridine rings is 1. The number of rotatable bonds is 4. The molecule has 6 nitrogen and oxygen atoms in total. The molecule has 0 bridgehead atoms. The summed E-state index contributed by atoms with van der Waals surface area (Å²) in [4.78, 5) is 18.2. The standard InChI is InChI=1S/C13H19N3O3/c1-14-12-6-9(4-5-15-12)13(17)16-7-10(18-2)11(8-16)19-3/h4-6,10-11H,7-8H2,1-3H3,(H,14,15). The second-order valence-corrected chi connectivity index (χ2v) is 4.44. The van der Waals surface area contributed by atoms with Crippen molar-refractivity contribution in [2.45, 2.75) is 12.2 Å². The molecule has 0 aliphatic carbocycles. The first-order chi connectivity index (χ1) is 9.19. The van der Waals surface area contributed by atoms with E-state index in [1.807, 2.05) is 0 Å². The van der Waals surface area contributed by atoms with Gasteiger partial charge in [-0.25, -0.2) is 4.98 Å². The van der Waals surface area contributed by atoms with Crippen LogP contribution in [0, 0.1) is 0 Å². The molecule has 104 valence electrons. The maximum Gasteiger partial charge on any atom is 0.254 e. The minimum atomic E-state index is -0.0699. The van der Waals surface area contributed by atoms with E-state index >= 15 is 0 Å². The van der Waals surface area contributed by atoms with Crippen LogP contribution in [0.25, 0.3) is 0 Å². The van der Waals surface area contributed by atoms with E-state index in [-0.39, 0.29) is 18.1 Å². The smallest absolute Gasteiger partial charge is 0.254 e. The topological polar surface area (TPSA) is 63.7 Å². The van der Waals surface area contributed by atoms with E-state index in [4.69, 9.17) is 9.47 Å². The third kappa shape index (κ3) is 2.85. The number of anilines is 1. The Balaban J connectivity index is 2.12. The normalized spacial score (nSPS) is 22.6. The molecular formula is C13H19N3O3. The van der Waals surface area contributed by atoms with Crippen LogP contribution in [0.2, 0.25) is 0 Å². The van der Waals surface area contributed by atoms with Crippen LogP contribution in [-0.2, 0) is 9.47 Å². The third-order valence-electron chi connectivity index (χ3n) is 3.37. The fraction of sp³-hybridized carbons (Fsp3) is 0.538. The predicted molar refractivity (Wildman–Crippen MR) is 71.3 cm³/mol. The summed E-state index contributed by atoms with van der Waals surface area (Å²) in [6, 6.07) is 3.45. The molecular weight excluding hydrogens is 246 g/mol. The summed E-state index contributed by atoms with van der Waals surface area (Å²) in [7, 11) is 5.04. The Bertz CT molecular complexity index is 441. The average Bonchev–Trinajstić information content (AvgIpc) is 2.89. The number of nitrogens with zero attached hydrogens (tertiary/aromatic N) is 2. The number of carbonyl (C=O) groups excluding carboxylic acids is 1. The van der Waals surface area contributed by atoms with Gasteiger partial charge in [-0.2, -0.15) is 0 Å². The molecule has 2 heterocycles. The van der Waals surface area contributed by atoms with Crippen molar-refractivity contribution in [1.82, 2.24) is 9.88 Å². The van der Waals surface area contributed by atoms with Crippen LogP contribution in [0.3, 0.4) is 0 Å². The van der Waals surface area contributed by atoms with Crippen LogP contribution in [0.15, 0.2) is 18.3 Å². The fourth-order valence-corrected chi connectivity index (χ4v) is 2.25. The van der Waals surface area contributed by atoms with E-state index in [1.54, 1.807) is 44.5 Å². The number of methoxy groups -OCH3 is 2. The zero-order valence-corrected chi connectivity index (χ0v) is 11.4. The molecule has 1 fully saturated rings. The molecule has 1 aromatic rings. The van der Waals surface area contributed by atoms with Gasteiger partial charge in [-0.1, -0.05) is 0 Å². The quantitative estimate of drug-likeness (QED) is 0.864. The zero-order chi connectivity index (χ0) is 13.8. The van der Waals surface area contributed by atoms with Gasteiger partial charge in [-0.05, 0) is 12.1 Å². The molecule has 2 atom stereocenters. The molecule has 1 amide bonds. The Hall–Kier alpha value is -1.66. The SMILES string of the molecule is CNc1cc(C(=O)N2CC(OC)C(OC)C2)ccn1. The summed E-state index contributed by atoms with van der Waals surface area (Å²) >= 11 is 0. The lowest BCUT2D eigenvalue weighted by atomic mass is 10.2. The van der Waals surface area contributed by atoms with Gasteiger partial charge in [0.1, 0.15) is 18.0 Å². The van der Waals surface area contributed by atoms with Crippen molar-refractivity contribution in [1.29, 1.82) is 0 Å².